The van der Waals surface area contributed by atoms with Gasteiger partial charge in [-0.15, -0.1) is 0 Å². The largest absolute Gasteiger partial charge is 0.474 e. The number of hydrogen-bond acceptors (Lipinski definition) is 7. The van der Waals surface area contributed by atoms with Crippen molar-refractivity contribution < 1.29 is 19.7 Å². The zero-order valence-corrected chi connectivity index (χ0v) is 17.3. The van der Waals surface area contributed by atoms with E-state index in [9.17, 15) is 9.90 Å². The molecular weight excluding hydrogens is 384 g/mol. The van der Waals surface area contributed by atoms with Crippen molar-refractivity contribution in [2.75, 3.05) is 18.5 Å². The maximum absolute atomic E-state index is 13.3. The lowest BCUT2D eigenvalue weighted by atomic mass is 9.76. The molecule has 0 aliphatic heterocycles. The van der Waals surface area contributed by atoms with Crippen molar-refractivity contribution in [1.29, 1.82) is 0 Å². The maximum atomic E-state index is 13.3. The van der Waals surface area contributed by atoms with Crippen LogP contribution < -0.4 is 15.4 Å². The van der Waals surface area contributed by atoms with Gasteiger partial charge in [-0.3, -0.25) is 4.79 Å². The molecule has 0 aromatic carbocycles. The first kappa shape index (κ1) is 20.0. The summed E-state index contributed by atoms with van der Waals surface area (Å²) in [5.74, 6) is 1.76. The summed E-state index contributed by atoms with van der Waals surface area (Å²) in [5.41, 5.74) is -0.173. The van der Waals surface area contributed by atoms with Crippen LogP contribution >= 0.6 is 0 Å². The molecule has 30 heavy (non-hydrogen) atoms. The molecule has 5 rings (SSSR count). The van der Waals surface area contributed by atoms with Gasteiger partial charge in [-0.2, -0.15) is 4.98 Å². The standard InChI is InChI=1S/C22H32N4O4/c27-8-7-23-21-24-12-17(20(26-21)30-15-3-1-4-15)19(28)25-18-14-9-13-10-22(29,11-14)6-2-5-16(13)18/h12-16,18,27,29H,1-11H2,(H,25,28)(H,23,24,26)/t13?,14?,16?,18-,22-/m0/s1. The molecule has 8 nitrogen and oxygen atoms in total. The average Bonchev–Trinajstić information content (AvgIpc) is 2.85. The zero-order valence-electron chi connectivity index (χ0n) is 17.3. The highest BCUT2D eigenvalue weighted by Crippen LogP contribution is 2.55. The Morgan fingerprint density at radius 1 is 1.23 bits per heavy atom. The summed E-state index contributed by atoms with van der Waals surface area (Å²) < 4.78 is 6.02. The van der Waals surface area contributed by atoms with E-state index in [2.05, 4.69) is 20.6 Å². The van der Waals surface area contributed by atoms with Crippen LogP contribution in [-0.2, 0) is 0 Å². The molecule has 0 spiro atoms. The number of ether oxygens (including phenoxy) is 1. The van der Waals surface area contributed by atoms with Gasteiger partial charge in [0.15, 0.2) is 0 Å². The Kier molecular flexibility index (Phi) is 5.31. The summed E-state index contributed by atoms with van der Waals surface area (Å²) in [6, 6.07) is 0.0977. The van der Waals surface area contributed by atoms with Gasteiger partial charge in [0, 0.05) is 18.8 Å². The van der Waals surface area contributed by atoms with Crippen LogP contribution in [0, 0.1) is 17.8 Å². The number of carbonyl (C=O) groups excluding carboxylic acids is 1. The van der Waals surface area contributed by atoms with Crippen molar-refractivity contribution in [3.63, 3.8) is 0 Å². The van der Waals surface area contributed by atoms with Crippen molar-refractivity contribution in [2.45, 2.75) is 75.5 Å². The monoisotopic (exact) mass is 416 g/mol. The predicted octanol–water partition coefficient (Wildman–Crippen LogP) is 1.87. The van der Waals surface area contributed by atoms with E-state index in [1.165, 1.54) is 6.20 Å². The third-order valence-corrected chi connectivity index (χ3v) is 7.67. The van der Waals surface area contributed by atoms with Crippen LogP contribution in [0.4, 0.5) is 5.95 Å². The third kappa shape index (κ3) is 3.75. The molecule has 0 saturated heterocycles. The van der Waals surface area contributed by atoms with Crippen LogP contribution in [0.2, 0.25) is 0 Å². The quantitative estimate of drug-likeness (QED) is 0.536. The lowest BCUT2D eigenvalue weighted by Crippen LogP contribution is -2.44. The Bertz CT molecular complexity index is 801. The highest BCUT2D eigenvalue weighted by atomic mass is 16.5. The number of rotatable bonds is 7. The van der Waals surface area contributed by atoms with Gasteiger partial charge in [0.2, 0.25) is 11.8 Å². The second kappa shape index (κ2) is 7.96. The number of amides is 1. The summed E-state index contributed by atoms with van der Waals surface area (Å²) in [5, 5.41) is 26.2. The number of nitrogens with one attached hydrogen (secondary N) is 2. The van der Waals surface area contributed by atoms with E-state index in [-0.39, 0.29) is 24.7 Å². The fraction of sp³-hybridized carbons (Fsp3) is 0.773. The van der Waals surface area contributed by atoms with E-state index in [4.69, 9.17) is 9.84 Å². The normalized spacial score (nSPS) is 34.9. The highest BCUT2D eigenvalue weighted by molar-refractivity contribution is 5.96. The van der Waals surface area contributed by atoms with Crippen molar-refractivity contribution in [2.24, 2.45) is 17.8 Å². The van der Waals surface area contributed by atoms with E-state index in [1.807, 2.05) is 0 Å². The number of aliphatic hydroxyl groups excluding tert-OH is 1. The fourth-order valence-corrected chi connectivity index (χ4v) is 6.11. The molecule has 1 aromatic heterocycles. The molecule has 3 unspecified atom stereocenters. The minimum atomic E-state index is -0.538. The van der Waals surface area contributed by atoms with Gasteiger partial charge in [0.25, 0.3) is 5.91 Å². The Labute approximate surface area is 176 Å². The average molecular weight is 417 g/mol. The van der Waals surface area contributed by atoms with Crippen LogP contribution in [0.15, 0.2) is 6.20 Å². The van der Waals surface area contributed by atoms with Crippen molar-refractivity contribution in [1.82, 2.24) is 15.3 Å². The van der Waals surface area contributed by atoms with Gasteiger partial charge in [-0.1, -0.05) is 6.42 Å². The molecule has 4 N–H and O–H groups in total. The Morgan fingerprint density at radius 3 is 2.83 bits per heavy atom. The van der Waals surface area contributed by atoms with Crippen LogP contribution in [-0.4, -0.2) is 57.0 Å². The molecule has 4 aliphatic carbocycles. The molecule has 4 aliphatic rings. The molecule has 1 amide bonds. The second-order valence-electron chi connectivity index (χ2n) is 9.68. The van der Waals surface area contributed by atoms with Crippen LogP contribution in [0.3, 0.4) is 0 Å². The molecule has 1 heterocycles. The first-order chi connectivity index (χ1) is 14.5. The minimum Gasteiger partial charge on any atom is -0.474 e. The van der Waals surface area contributed by atoms with Gasteiger partial charge < -0.3 is 25.6 Å². The van der Waals surface area contributed by atoms with Crippen molar-refractivity contribution in [3.8, 4) is 5.88 Å². The SMILES string of the molecule is O=C(N[C@H]1C2CC3C[C@@](O)(CCCC31)C2)c1cnc(NCCO)nc1OC1CCC1. The molecule has 8 heteroatoms. The topological polar surface area (TPSA) is 117 Å². The van der Waals surface area contributed by atoms with Gasteiger partial charge in [-0.05, 0) is 69.1 Å². The van der Waals surface area contributed by atoms with E-state index in [0.29, 0.717) is 41.7 Å². The lowest BCUT2D eigenvalue weighted by Gasteiger charge is -2.36. The first-order valence-electron chi connectivity index (χ1n) is 11.5. The van der Waals surface area contributed by atoms with E-state index in [0.717, 1.165) is 57.8 Å². The van der Waals surface area contributed by atoms with Gasteiger partial charge >= 0.3 is 0 Å². The summed E-state index contributed by atoms with van der Waals surface area (Å²) in [7, 11) is 0. The van der Waals surface area contributed by atoms with E-state index < -0.39 is 5.60 Å². The molecule has 3 bridgehead atoms. The van der Waals surface area contributed by atoms with Crippen molar-refractivity contribution >= 4 is 11.9 Å². The molecule has 4 saturated carbocycles. The summed E-state index contributed by atoms with van der Waals surface area (Å²) in [6.07, 6.45) is 10.4. The van der Waals surface area contributed by atoms with E-state index >= 15 is 0 Å². The number of carbonyl (C=O) groups is 1. The summed E-state index contributed by atoms with van der Waals surface area (Å²) in [6.45, 7) is 0.312. The zero-order chi connectivity index (χ0) is 20.7. The maximum Gasteiger partial charge on any atom is 0.258 e. The third-order valence-electron chi connectivity index (χ3n) is 7.67. The summed E-state index contributed by atoms with van der Waals surface area (Å²) in [4.78, 5) is 21.9. The van der Waals surface area contributed by atoms with Gasteiger partial charge in [0.05, 0.1) is 12.2 Å². The number of hydrogen-bond donors (Lipinski definition) is 4. The molecule has 1 aromatic rings. The highest BCUT2D eigenvalue weighted by Gasteiger charge is 2.54. The second-order valence-corrected chi connectivity index (χ2v) is 9.68. The molecule has 164 valence electrons. The Balaban J connectivity index is 1.35. The smallest absolute Gasteiger partial charge is 0.258 e. The number of anilines is 1. The molecule has 5 atom stereocenters. The Morgan fingerprint density at radius 2 is 2.07 bits per heavy atom. The lowest BCUT2D eigenvalue weighted by molar-refractivity contribution is -0.0263. The first-order valence-corrected chi connectivity index (χ1v) is 11.5. The molecule has 0 radical (unpaired) electrons. The van der Waals surface area contributed by atoms with Crippen LogP contribution in [0.25, 0.3) is 0 Å². The summed E-state index contributed by atoms with van der Waals surface area (Å²) >= 11 is 0. The predicted molar refractivity (Wildman–Crippen MR) is 110 cm³/mol. The minimum absolute atomic E-state index is 0.0254. The fourth-order valence-electron chi connectivity index (χ4n) is 6.11. The number of aliphatic hydroxyl groups is 2. The number of aromatic nitrogens is 2. The van der Waals surface area contributed by atoms with Gasteiger partial charge in [-0.25, -0.2) is 4.98 Å². The van der Waals surface area contributed by atoms with Crippen LogP contribution in [0.5, 0.6) is 5.88 Å². The number of nitrogens with zero attached hydrogens (tertiary/aromatic N) is 2. The van der Waals surface area contributed by atoms with E-state index in [1.54, 1.807) is 0 Å². The Hall–Kier alpha value is -1.93. The van der Waals surface area contributed by atoms with Crippen LogP contribution in [0.1, 0.15) is 68.1 Å². The molecular formula is C22H32N4O4. The molecule has 4 fully saturated rings. The van der Waals surface area contributed by atoms with Crippen molar-refractivity contribution in [3.05, 3.63) is 11.8 Å². The van der Waals surface area contributed by atoms with Gasteiger partial charge in [0.1, 0.15) is 11.7 Å². The number of fused-ring (bicyclic) bond motifs is 2.